The zero-order valence-electron chi connectivity index (χ0n) is 39.1. The molecule has 0 aliphatic carbocycles. The van der Waals surface area contributed by atoms with Crippen LogP contribution >= 0.6 is 0 Å². The van der Waals surface area contributed by atoms with E-state index < -0.39 is 0 Å². The number of hydrogen-bond acceptors (Lipinski definition) is 2. The fourth-order valence-electron chi connectivity index (χ4n) is 12.1. The lowest BCUT2D eigenvalue weighted by atomic mass is 9.89. The van der Waals surface area contributed by atoms with Gasteiger partial charge in [-0.05, 0) is 96.1 Å². The summed E-state index contributed by atoms with van der Waals surface area (Å²) in [4.78, 5) is 2.32. The highest BCUT2D eigenvalue weighted by molar-refractivity contribution is 6.38. The second-order valence-corrected chi connectivity index (χ2v) is 19.2. The summed E-state index contributed by atoms with van der Waals surface area (Å²) in [5, 5.41) is 11.4. The van der Waals surface area contributed by atoms with E-state index in [0.717, 1.165) is 29.8 Å². The van der Waals surface area contributed by atoms with Crippen molar-refractivity contribution in [2.75, 3.05) is 4.90 Å². The molecule has 4 nitrogen and oxygen atoms in total. The van der Waals surface area contributed by atoms with E-state index in [1.54, 1.807) is 0 Å². The van der Waals surface area contributed by atoms with Gasteiger partial charge in [0.2, 0.25) is 0 Å². The number of hydrogen-bond donors (Lipinski definition) is 0. The summed E-state index contributed by atoms with van der Waals surface area (Å²) in [6.45, 7) is 2.23. The largest absolute Gasteiger partial charge is 0.464 e. The molecule has 5 heterocycles. The Bertz CT molecular complexity index is 4560. The molecule has 334 valence electrons. The van der Waals surface area contributed by atoms with Gasteiger partial charge in [-0.25, -0.2) is 0 Å². The summed E-state index contributed by atoms with van der Waals surface area (Å²) in [6.07, 6.45) is 6.05. The van der Waals surface area contributed by atoms with E-state index in [2.05, 4.69) is 233 Å². The maximum atomic E-state index is 5.87. The van der Waals surface area contributed by atoms with Crippen LogP contribution in [-0.4, -0.2) is 8.80 Å². The molecule has 0 aliphatic rings. The Morgan fingerprint density at radius 1 is 0.423 bits per heavy atom. The molecule has 0 bridgehead atoms. The number of fused-ring (bicyclic) bond motifs is 13. The van der Waals surface area contributed by atoms with Crippen molar-refractivity contribution < 1.29 is 4.42 Å². The zero-order chi connectivity index (χ0) is 46.7. The summed E-state index contributed by atoms with van der Waals surface area (Å²) in [7, 11) is 0. The van der Waals surface area contributed by atoms with Crippen molar-refractivity contribution in [3.63, 3.8) is 0 Å². The summed E-state index contributed by atoms with van der Waals surface area (Å²) < 4.78 is 11.0. The quantitative estimate of drug-likeness (QED) is 0.144. The Morgan fingerprint density at radius 3 is 1.59 bits per heavy atom. The second kappa shape index (κ2) is 15.4. The fraction of sp³-hybridized carbons (Fsp3) is 0.0448. The van der Waals surface area contributed by atoms with Gasteiger partial charge in [0.1, 0.15) is 5.58 Å². The highest BCUT2D eigenvalue weighted by Gasteiger charge is 2.30. The maximum absolute atomic E-state index is 5.87. The number of para-hydroxylation sites is 5. The van der Waals surface area contributed by atoms with Crippen molar-refractivity contribution in [1.29, 1.82) is 0 Å². The van der Waals surface area contributed by atoms with Gasteiger partial charge in [-0.3, -0.25) is 0 Å². The van der Waals surface area contributed by atoms with Crippen LogP contribution in [0.4, 0.5) is 11.4 Å². The number of allylic oxidation sites excluding steroid dienone is 1. The van der Waals surface area contributed by atoms with E-state index in [0.29, 0.717) is 0 Å². The molecular weight excluding hydrogens is 863 g/mol. The standard InChI is InChI=1S/C67H45N3O/c1-42(31-32-47-41-71-59-30-14-12-23-50(47)59)40-68(48-21-9-4-10-22-48)49-36-33-43(34-37-49)46-35-38-58-56(39-46)53-26-16-28-55-63-60(44-17-5-2-6-18-44)66-62(61(45-19-7-3-8-20-45)67(63)70(58)65(53)55)54-27-15-25-52-51-24-11-13-29-57(51)69(66)64(52)54/h2-30,33-41H,31-32H2,1H3/b42-40+. The molecule has 15 aromatic rings. The fourth-order valence-corrected chi connectivity index (χ4v) is 12.1. The Labute approximate surface area is 409 Å². The van der Waals surface area contributed by atoms with Gasteiger partial charge in [-0.1, -0.05) is 175 Å². The molecule has 15 rings (SSSR count). The van der Waals surface area contributed by atoms with Crippen LogP contribution in [0.1, 0.15) is 18.9 Å². The van der Waals surface area contributed by atoms with E-state index in [-0.39, 0.29) is 0 Å². The predicted octanol–water partition coefficient (Wildman–Crippen LogP) is 18.4. The maximum Gasteiger partial charge on any atom is 0.134 e. The number of aryl methyl sites for hydroxylation is 1. The van der Waals surface area contributed by atoms with Crippen molar-refractivity contribution in [1.82, 2.24) is 8.80 Å². The monoisotopic (exact) mass is 907 g/mol. The minimum absolute atomic E-state index is 0.916. The number of aromatic nitrogens is 2. The van der Waals surface area contributed by atoms with Crippen LogP contribution in [-0.2, 0) is 6.42 Å². The molecule has 10 aromatic carbocycles. The van der Waals surface area contributed by atoms with Crippen molar-refractivity contribution >= 4 is 98.5 Å². The predicted molar refractivity (Wildman–Crippen MR) is 299 cm³/mol. The van der Waals surface area contributed by atoms with E-state index in [1.807, 2.05) is 18.4 Å². The molecule has 5 aromatic heterocycles. The van der Waals surface area contributed by atoms with Gasteiger partial charge in [0.25, 0.3) is 0 Å². The molecule has 0 aliphatic heterocycles. The number of benzene rings is 10. The SMILES string of the molecule is C/C(=C\N(c1ccccc1)c1ccc(-c2ccc3c(c2)c2cccc4c5c(-c6ccccc6)c6c(c(-c7ccccc7)c5n3c24)c2cccc3c4ccccc4n6c32)cc1)CCc1coc2ccccc12. The van der Waals surface area contributed by atoms with Gasteiger partial charge in [0.15, 0.2) is 0 Å². The van der Waals surface area contributed by atoms with Crippen LogP contribution in [0.15, 0.2) is 241 Å². The first-order chi connectivity index (χ1) is 35.2. The third kappa shape index (κ3) is 5.85. The van der Waals surface area contributed by atoms with Crippen LogP contribution in [0.2, 0.25) is 0 Å². The van der Waals surface area contributed by atoms with Crippen molar-refractivity contribution in [3.8, 4) is 33.4 Å². The first-order valence-electron chi connectivity index (χ1n) is 24.7. The summed E-state index contributed by atoms with van der Waals surface area (Å²) in [5.74, 6) is 0. The molecule has 0 fully saturated rings. The molecule has 4 heteroatoms. The number of anilines is 2. The van der Waals surface area contributed by atoms with Crippen LogP contribution < -0.4 is 4.90 Å². The van der Waals surface area contributed by atoms with Gasteiger partial charge < -0.3 is 18.1 Å². The molecule has 71 heavy (non-hydrogen) atoms. The smallest absolute Gasteiger partial charge is 0.134 e. The topological polar surface area (TPSA) is 25.2 Å². The van der Waals surface area contributed by atoms with E-state index in [4.69, 9.17) is 4.42 Å². The molecule has 0 N–H and O–H groups in total. The van der Waals surface area contributed by atoms with E-state index in [1.165, 1.54) is 126 Å². The molecule has 0 atom stereocenters. The average Bonchev–Trinajstić information content (AvgIpc) is 4.26. The van der Waals surface area contributed by atoms with E-state index in [9.17, 15) is 0 Å². The highest BCUT2D eigenvalue weighted by atomic mass is 16.3. The Kier molecular flexibility index (Phi) is 8.67. The summed E-state index contributed by atoms with van der Waals surface area (Å²) >= 11 is 0. The third-order valence-corrected chi connectivity index (χ3v) is 15.3. The zero-order valence-corrected chi connectivity index (χ0v) is 39.1. The molecular formula is C67H45N3O. The lowest BCUT2D eigenvalue weighted by Gasteiger charge is -2.22. The Hall–Kier alpha value is -9.12. The molecule has 0 unspecified atom stereocenters. The van der Waals surface area contributed by atoms with Gasteiger partial charge >= 0.3 is 0 Å². The average molecular weight is 908 g/mol. The normalized spacial score (nSPS) is 12.5. The number of nitrogens with zero attached hydrogens (tertiary/aromatic N) is 3. The van der Waals surface area contributed by atoms with Gasteiger partial charge in [0, 0.05) is 77.2 Å². The number of furan rings is 1. The molecule has 0 saturated carbocycles. The van der Waals surface area contributed by atoms with Gasteiger partial charge in [-0.2, -0.15) is 0 Å². The first kappa shape index (κ1) is 39.8. The van der Waals surface area contributed by atoms with Crippen LogP contribution in [0.5, 0.6) is 0 Å². The highest BCUT2D eigenvalue weighted by Crippen LogP contribution is 2.54. The Morgan fingerprint density at radius 2 is 0.930 bits per heavy atom. The van der Waals surface area contributed by atoms with Crippen molar-refractivity contribution in [2.45, 2.75) is 19.8 Å². The molecule has 0 saturated heterocycles. The van der Waals surface area contributed by atoms with Crippen molar-refractivity contribution in [3.05, 3.63) is 242 Å². The molecule has 0 amide bonds. The number of rotatable bonds is 9. The molecule has 0 spiro atoms. The van der Waals surface area contributed by atoms with E-state index >= 15 is 0 Å². The molecule has 0 radical (unpaired) electrons. The summed E-state index contributed by atoms with van der Waals surface area (Å²) in [5.41, 5.74) is 20.6. The van der Waals surface area contributed by atoms with Crippen molar-refractivity contribution in [2.24, 2.45) is 0 Å². The second-order valence-electron chi connectivity index (χ2n) is 19.2. The summed E-state index contributed by atoms with van der Waals surface area (Å²) in [6, 6.07) is 80.2. The first-order valence-corrected chi connectivity index (χ1v) is 24.7. The Balaban J connectivity index is 0.920. The van der Waals surface area contributed by atoms with Gasteiger partial charge in [0.05, 0.1) is 39.4 Å². The lowest BCUT2D eigenvalue weighted by Crippen LogP contribution is -2.09. The minimum Gasteiger partial charge on any atom is -0.464 e. The van der Waals surface area contributed by atoms with Crippen LogP contribution in [0.3, 0.4) is 0 Å². The third-order valence-electron chi connectivity index (χ3n) is 15.3. The minimum atomic E-state index is 0.916. The van der Waals surface area contributed by atoms with Gasteiger partial charge in [-0.15, -0.1) is 0 Å². The lowest BCUT2D eigenvalue weighted by molar-refractivity contribution is 0.610. The van der Waals surface area contributed by atoms with Crippen LogP contribution in [0, 0.1) is 0 Å². The van der Waals surface area contributed by atoms with Crippen LogP contribution in [0.25, 0.3) is 121 Å².